The van der Waals surface area contributed by atoms with Crippen molar-refractivity contribution in [1.82, 2.24) is 15.1 Å². The van der Waals surface area contributed by atoms with Crippen LogP contribution in [0.25, 0.3) is 0 Å². The lowest BCUT2D eigenvalue weighted by Crippen LogP contribution is -2.46. The molecule has 1 aliphatic heterocycles. The van der Waals surface area contributed by atoms with Crippen molar-refractivity contribution in [3.8, 4) is 0 Å². The largest absolute Gasteiger partial charge is 0.340 e. The van der Waals surface area contributed by atoms with Gasteiger partial charge in [-0.05, 0) is 39.9 Å². The van der Waals surface area contributed by atoms with Crippen molar-refractivity contribution in [3.63, 3.8) is 0 Å². The summed E-state index contributed by atoms with van der Waals surface area (Å²) in [6.07, 6.45) is 3.16. The first kappa shape index (κ1) is 13.5. The number of amides is 1. The maximum absolute atomic E-state index is 12.2. The van der Waals surface area contributed by atoms with Crippen LogP contribution in [0.3, 0.4) is 0 Å². The van der Waals surface area contributed by atoms with Crippen molar-refractivity contribution in [3.05, 3.63) is 0 Å². The van der Waals surface area contributed by atoms with Gasteiger partial charge in [-0.1, -0.05) is 6.92 Å². The first-order chi connectivity index (χ1) is 7.65. The molecule has 1 rings (SSSR count). The average Bonchev–Trinajstić information content (AvgIpc) is 2.76. The molecule has 94 valence electrons. The Labute approximate surface area is 99.0 Å². The monoisotopic (exact) mass is 227 g/mol. The fourth-order valence-corrected chi connectivity index (χ4v) is 2.04. The number of nitrogens with one attached hydrogen (secondary N) is 1. The van der Waals surface area contributed by atoms with Gasteiger partial charge in [-0.3, -0.25) is 4.79 Å². The molecule has 4 heteroatoms. The van der Waals surface area contributed by atoms with E-state index in [4.69, 9.17) is 0 Å². The standard InChI is InChI=1S/C12H25N3O/c1-4-8-15(10-9-14(2)3)12(16)11-6-5-7-13-11/h11,13H,4-10H2,1-3H3/t11-/m1/s1. The number of carbonyl (C=O) groups excluding carboxylic acids is 1. The molecule has 16 heavy (non-hydrogen) atoms. The number of rotatable bonds is 6. The molecule has 0 aromatic rings. The molecule has 0 radical (unpaired) electrons. The second kappa shape index (κ2) is 6.86. The quantitative estimate of drug-likeness (QED) is 0.719. The second-order valence-electron chi connectivity index (χ2n) is 4.78. The molecule has 1 aliphatic rings. The Hall–Kier alpha value is -0.610. The summed E-state index contributed by atoms with van der Waals surface area (Å²) in [5, 5.41) is 3.28. The summed E-state index contributed by atoms with van der Waals surface area (Å²) >= 11 is 0. The molecule has 1 N–H and O–H groups in total. The van der Waals surface area contributed by atoms with E-state index in [9.17, 15) is 4.79 Å². The van der Waals surface area contributed by atoms with Gasteiger partial charge in [0.15, 0.2) is 0 Å². The molecule has 1 atom stereocenters. The molecule has 1 fully saturated rings. The topological polar surface area (TPSA) is 35.6 Å². The highest BCUT2D eigenvalue weighted by atomic mass is 16.2. The summed E-state index contributed by atoms with van der Waals surface area (Å²) < 4.78 is 0. The molecular weight excluding hydrogens is 202 g/mol. The molecule has 0 bridgehead atoms. The number of likely N-dealkylation sites (N-methyl/N-ethyl adjacent to an activating group) is 1. The van der Waals surface area contributed by atoms with Crippen molar-refractivity contribution in [2.45, 2.75) is 32.2 Å². The zero-order valence-electron chi connectivity index (χ0n) is 10.8. The van der Waals surface area contributed by atoms with Gasteiger partial charge in [0.2, 0.25) is 5.91 Å². The normalized spacial score (nSPS) is 20.4. The van der Waals surface area contributed by atoms with Crippen LogP contribution in [0.4, 0.5) is 0 Å². The zero-order valence-corrected chi connectivity index (χ0v) is 10.8. The fraction of sp³-hybridized carbons (Fsp3) is 0.917. The van der Waals surface area contributed by atoms with Crippen LogP contribution in [-0.2, 0) is 4.79 Å². The van der Waals surface area contributed by atoms with Crippen LogP contribution >= 0.6 is 0 Å². The molecule has 0 unspecified atom stereocenters. The van der Waals surface area contributed by atoms with Gasteiger partial charge in [-0.15, -0.1) is 0 Å². The van der Waals surface area contributed by atoms with Crippen molar-refractivity contribution >= 4 is 5.91 Å². The Morgan fingerprint density at radius 2 is 2.06 bits per heavy atom. The maximum atomic E-state index is 12.2. The predicted octanol–water partition coefficient (Wildman–Crippen LogP) is 0.539. The van der Waals surface area contributed by atoms with Gasteiger partial charge in [0.1, 0.15) is 0 Å². The smallest absolute Gasteiger partial charge is 0.239 e. The fourth-order valence-electron chi connectivity index (χ4n) is 2.04. The van der Waals surface area contributed by atoms with E-state index in [2.05, 4.69) is 17.1 Å². The van der Waals surface area contributed by atoms with E-state index in [1.165, 1.54) is 0 Å². The van der Waals surface area contributed by atoms with Crippen LogP contribution < -0.4 is 5.32 Å². The van der Waals surface area contributed by atoms with Gasteiger partial charge in [0.25, 0.3) is 0 Å². The van der Waals surface area contributed by atoms with Gasteiger partial charge in [0, 0.05) is 19.6 Å². The first-order valence-electron chi connectivity index (χ1n) is 6.32. The van der Waals surface area contributed by atoms with Crippen LogP contribution in [0.1, 0.15) is 26.2 Å². The SMILES string of the molecule is CCCN(CCN(C)C)C(=O)[C@H]1CCCN1. The lowest BCUT2D eigenvalue weighted by Gasteiger charge is -2.26. The van der Waals surface area contributed by atoms with Crippen LogP contribution in [0, 0.1) is 0 Å². The highest BCUT2D eigenvalue weighted by molar-refractivity contribution is 5.82. The molecule has 0 aromatic carbocycles. The summed E-state index contributed by atoms with van der Waals surface area (Å²) in [7, 11) is 4.09. The molecular formula is C12H25N3O. The highest BCUT2D eigenvalue weighted by Gasteiger charge is 2.26. The third-order valence-electron chi connectivity index (χ3n) is 2.98. The van der Waals surface area contributed by atoms with Crippen molar-refractivity contribution in [2.24, 2.45) is 0 Å². The Kier molecular flexibility index (Phi) is 5.77. The minimum atomic E-state index is 0.0775. The van der Waals surface area contributed by atoms with Crippen molar-refractivity contribution < 1.29 is 4.79 Å². The van der Waals surface area contributed by atoms with E-state index in [1.807, 2.05) is 19.0 Å². The molecule has 1 amide bonds. The zero-order chi connectivity index (χ0) is 12.0. The van der Waals surface area contributed by atoms with Crippen LogP contribution in [0.2, 0.25) is 0 Å². The van der Waals surface area contributed by atoms with Gasteiger partial charge < -0.3 is 15.1 Å². The molecule has 0 saturated carbocycles. The van der Waals surface area contributed by atoms with E-state index in [-0.39, 0.29) is 6.04 Å². The average molecular weight is 227 g/mol. The predicted molar refractivity (Wildman–Crippen MR) is 66.4 cm³/mol. The van der Waals surface area contributed by atoms with Gasteiger partial charge in [-0.25, -0.2) is 0 Å². The van der Waals surface area contributed by atoms with E-state index in [0.717, 1.165) is 45.4 Å². The van der Waals surface area contributed by atoms with Crippen molar-refractivity contribution in [1.29, 1.82) is 0 Å². The first-order valence-corrected chi connectivity index (χ1v) is 6.32. The Morgan fingerprint density at radius 1 is 1.31 bits per heavy atom. The molecule has 4 nitrogen and oxygen atoms in total. The van der Waals surface area contributed by atoms with Crippen LogP contribution in [0.5, 0.6) is 0 Å². The van der Waals surface area contributed by atoms with Gasteiger partial charge in [-0.2, -0.15) is 0 Å². The third kappa shape index (κ3) is 4.10. The minimum Gasteiger partial charge on any atom is -0.340 e. The Morgan fingerprint density at radius 3 is 2.56 bits per heavy atom. The van der Waals surface area contributed by atoms with Crippen molar-refractivity contribution in [2.75, 3.05) is 40.3 Å². The summed E-state index contributed by atoms with van der Waals surface area (Å²) in [5.41, 5.74) is 0. The van der Waals surface area contributed by atoms with Gasteiger partial charge >= 0.3 is 0 Å². The van der Waals surface area contributed by atoms with E-state index in [0.29, 0.717) is 5.91 Å². The summed E-state index contributed by atoms with van der Waals surface area (Å²) in [6.45, 7) is 5.78. The van der Waals surface area contributed by atoms with Crippen LogP contribution in [-0.4, -0.2) is 62.0 Å². The summed E-state index contributed by atoms with van der Waals surface area (Å²) in [5.74, 6) is 0.293. The molecule has 0 aliphatic carbocycles. The molecule has 0 aromatic heterocycles. The summed E-state index contributed by atoms with van der Waals surface area (Å²) in [4.78, 5) is 16.3. The Balaban J connectivity index is 2.43. The lowest BCUT2D eigenvalue weighted by atomic mass is 10.2. The second-order valence-corrected chi connectivity index (χ2v) is 4.78. The van der Waals surface area contributed by atoms with Gasteiger partial charge in [0.05, 0.1) is 6.04 Å². The molecule has 0 spiro atoms. The number of nitrogens with zero attached hydrogens (tertiary/aromatic N) is 2. The minimum absolute atomic E-state index is 0.0775. The number of hydrogen-bond acceptors (Lipinski definition) is 3. The highest BCUT2D eigenvalue weighted by Crippen LogP contribution is 2.09. The van der Waals surface area contributed by atoms with E-state index < -0.39 is 0 Å². The summed E-state index contributed by atoms with van der Waals surface area (Å²) in [6, 6.07) is 0.0775. The molecule has 1 saturated heterocycles. The third-order valence-corrected chi connectivity index (χ3v) is 2.98. The van der Waals surface area contributed by atoms with E-state index >= 15 is 0 Å². The number of hydrogen-bond donors (Lipinski definition) is 1. The Bertz CT molecular complexity index is 212. The lowest BCUT2D eigenvalue weighted by molar-refractivity contribution is -0.133. The van der Waals surface area contributed by atoms with E-state index in [1.54, 1.807) is 0 Å². The maximum Gasteiger partial charge on any atom is 0.239 e. The number of carbonyl (C=O) groups is 1. The van der Waals surface area contributed by atoms with Crippen LogP contribution in [0.15, 0.2) is 0 Å². The molecule has 1 heterocycles.